The minimum absolute atomic E-state index is 0.0334. The Morgan fingerprint density at radius 2 is 2.22 bits per heavy atom. The Labute approximate surface area is 161 Å². The molecule has 9 heteroatoms. The third-order valence-electron chi connectivity index (χ3n) is 4.32. The lowest BCUT2D eigenvalue weighted by atomic mass is 10.0. The summed E-state index contributed by atoms with van der Waals surface area (Å²) < 4.78 is 5.53. The lowest BCUT2D eigenvalue weighted by molar-refractivity contribution is -0.384. The van der Waals surface area contributed by atoms with Gasteiger partial charge in [-0.2, -0.15) is 0 Å². The number of hydrogen-bond donors (Lipinski definition) is 1. The maximum atomic E-state index is 12.5. The van der Waals surface area contributed by atoms with Gasteiger partial charge in [-0.25, -0.2) is 9.78 Å². The van der Waals surface area contributed by atoms with Crippen molar-refractivity contribution in [3.8, 4) is 0 Å². The number of nitrogens with zero attached hydrogens (tertiary/aromatic N) is 3. The Kier molecular flexibility index (Phi) is 5.59. The average molecular weight is 392 g/mol. The first-order chi connectivity index (χ1) is 12.7. The monoisotopic (exact) mass is 392 g/mol. The number of rotatable bonds is 4. The molecule has 2 heterocycles. The van der Waals surface area contributed by atoms with E-state index in [1.165, 1.54) is 23.9 Å². The van der Waals surface area contributed by atoms with Crippen LogP contribution in [0.2, 0.25) is 0 Å². The molecule has 0 aliphatic carbocycles. The summed E-state index contributed by atoms with van der Waals surface area (Å²) in [6, 6.07) is 4.66. The molecule has 1 aromatic heterocycles. The van der Waals surface area contributed by atoms with Crippen LogP contribution in [0.5, 0.6) is 0 Å². The largest absolute Gasteiger partial charge is 0.444 e. The van der Waals surface area contributed by atoms with Crippen molar-refractivity contribution in [3.63, 3.8) is 0 Å². The SMILES string of the molecule is CC(C)(C)OC(=O)N1CCCCC1CSc1nc2ccc([N+](=O)[O-])cc2[nH]1. The van der Waals surface area contributed by atoms with E-state index in [4.69, 9.17) is 4.74 Å². The van der Waals surface area contributed by atoms with Gasteiger partial charge in [-0.3, -0.25) is 10.1 Å². The molecular weight excluding hydrogens is 368 g/mol. The molecule has 1 amide bonds. The molecule has 1 saturated heterocycles. The average Bonchev–Trinajstić information content (AvgIpc) is 3.00. The van der Waals surface area contributed by atoms with Crippen molar-refractivity contribution in [2.45, 2.75) is 56.8 Å². The second-order valence-corrected chi connectivity index (χ2v) is 8.64. The van der Waals surface area contributed by atoms with E-state index in [1.54, 1.807) is 6.07 Å². The number of H-pyrrole nitrogens is 1. The number of imidazole rings is 1. The standard InChI is InChI=1S/C18H24N4O4S/c1-18(2,3)26-17(23)21-9-5-4-6-13(21)11-27-16-19-14-8-7-12(22(24)25)10-15(14)20-16/h7-8,10,13H,4-6,9,11H2,1-3H3,(H,19,20). The maximum Gasteiger partial charge on any atom is 0.410 e. The third-order valence-corrected chi connectivity index (χ3v) is 5.34. The number of aromatic nitrogens is 2. The molecule has 8 nitrogen and oxygen atoms in total. The number of benzene rings is 1. The van der Waals surface area contributed by atoms with Gasteiger partial charge < -0.3 is 14.6 Å². The second-order valence-electron chi connectivity index (χ2n) is 7.63. The minimum Gasteiger partial charge on any atom is -0.444 e. The zero-order valence-electron chi connectivity index (χ0n) is 15.7. The van der Waals surface area contributed by atoms with Gasteiger partial charge in [0.2, 0.25) is 0 Å². The zero-order valence-corrected chi connectivity index (χ0v) is 16.5. The fourth-order valence-corrected chi connectivity index (χ4v) is 4.11. The van der Waals surface area contributed by atoms with Crippen molar-refractivity contribution in [2.75, 3.05) is 12.3 Å². The van der Waals surface area contributed by atoms with Crippen molar-refractivity contribution in [2.24, 2.45) is 0 Å². The van der Waals surface area contributed by atoms with E-state index < -0.39 is 10.5 Å². The fraction of sp³-hybridized carbons (Fsp3) is 0.556. The normalized spacial score (nSPS) is 17.9. The highest BCUT2D eigenvalue weighted by Crippen LogP contribution is 2.28. The van der Waals surface area contributed by atoms with Gasteiger partial charge in [0.25, 0.3) is 5.69 Å². The first-order valence-electron chi connectivity index (χ1n) is 8.99. The van der Waals surface area contributed by atoms with Gasteiger partial charge in [-0.05, 0) is 46.1 Å². The smallest absolute Gasteiger partial charge is 0.410 e. The molecule has 1 aliphatic rings. The molecule has 0 radical (unpaired) electrons. The number of nitrogens with one attached hydrogen (secondary N) is 1. The number of nitro benzene ring substituents is 1. The molecule has 1 N–H and O–H groups in total. The number of thioether (sulfide) groups is 1. The number of carbonyl (C=O) groups excluding carboxylic acids is 1. The Morgan fingerprint density at radius 3 is 2.93 bits per heavy atom. The van der Waals surface area contributed by atoms with Crippen LogP contribution in [0.15, 0.2) is 23.4 Å². The summed E-state index contributed by atoms with van der Waals surface area (Å²) in [5, 5.41) is 11.6. The molecule has 146 valence electrons. The molecule has 3 rings (SSSR count). The molecule has 0 spiro atoms. The summed E-state index contributed by atoms with van der Waals surface area (Å²) in [6.45, 7) is 6.30. The van der Waals surface area contributed by atoms with E-state index >= 15 is 0 Å². The molecule has 1 fully saturated rings. The van der Waals surface area contributed by atoms with Gasteiger partial charge in [0.05, 0.1) is 16.0 Å². The van der Waals surface area contributed by atoms with Gasteiger partial charge in [0.1, 0.15) is 5.60 Å². The third kappa shape index (κ3) is 4.91. The summed E-state index contributed by atoms with van der Waals surface area (Å²) in [7, 11) is 0. The summed E-state index contributed by atoms with van der Waals surface area (Å²) >= 11 is 1.52. The lowest BCUT2D eigenvalue weighted by Crippen LogP contribution is -2.47. The van der Waals surface area contributed by atoms with E-state index in [2.05, 4.69) is 9.97 Å². The lowest BCUT2D eigenvalue weighted by Gasteiger charge is -2.36. The second kappa shape index (κ2) is 7.75. The topological polar surface area (TPSA) is 101 Å². The van der Waals surface area contributed by atoms with E-state index in [0.717, 1.165) is 19.3 Å². The number of aromatic amines is 1. The van der Waals surface area contributed by atoms with E-state index in [-0.39, 0.29) is 17.8 Å². The summed E-state index contributed by atoms with van der Waals surface area (Å²) in [6.07, 6.45) is 2.72. The van der Waals surface area contributed by atoms with Gasteiger partial charge in [-0.1, -0.05) is 11.8 Å². The Balaban J connectivity index is 1.67. The van der Waals surface area contributed by atoms with Crippen LogP contribution < -0.4 is 0 Å². The van der Waals surface area contributed by atoms with Crippen molar-refractivity contribution in [3.05, 3.63) is 28.3 Å². The van der Waals surface area contributed by atoms with Crippen LogP contribution in [0.25, 0.3) is 11.0 Å². The number of hydrogen-bond acceptors (Lipinski definition) is 6. The molecule has 2 aromatic rings. The number of piperidine rings is 1. The number of amides is 1. The Hall–Kier alpha value is -2.29. The zero-order chi connectivity index (χ0) is 19.6. The highest BCUT2D eigenvalue weighted by atomic mass is 32.2. The molecule has 1 atom stereocenters. The number of carbonyl (C=O) groups is 1. The molecule has 0 bridgehead atoms. The number of non-ortho nitro benzene ring substituents is 1. The first-order valence-corrected chi connectivity index (χ1v) is 9.98. The number of ether oxygens (including phenoxy) is 1. The van der Waals surface area contributed by atoms with Gasteiger partial charge in [0.15, 0.2) is 5.16 Å². The number of nitro groups is 1. The summed E-state index contributed by atoms with van der Waals surface area (Å²) in [5.74, 6) is 0.696. The minimum atomic E-state index is -0.514. The van der Waals surface area contributed by atoms with E-state index in [1.807, 2.05) is 25.7 Å². The first kappa shape index (κ1) is 19.5. The van der Waals surface area contributed by atoms with Crippen LogP contribution in [0.1, 0.15) is 40.0 Å². The number of likely N-dealkylation sites (tertiary alicyclic amines) is 1. The quantitative estimate of drug-likeness (QED) is 0.471. The van der Waals surface area contributed by atoms with Crippen LogP contribution in [0.4, 0.5) is 10.5 Å². The van der Waals surface area contributed by atoms with Gasteiger partial charge in [-0.15, -0.1) is 0 Å². The van der Waals surface area contributed by atoms with Crippen molar-refractivity contribution in [1.29, 1.82) is 0 Å². The predicted octanol–water partition coefficient (Wildman–Crippen LogP) is 4.35. The van der Waals surface area contributed by atoms with Crippen LogP contribution in [-0.2, 0) is 4.74 Å². The molecule has 1 aliphatic heterocycles. The Bertz CT molecular complexity index is 845. The summed E-state index contributed by atoms with van der Waals surface area (Å²) in [5.41, 5.74) is 0.848. The fourth-order valence-electron chi connectivity index (χ4n) is 3.07. The van der Waals surface area contributed by atoms with Crippen molar-refractivity contribution in [1.82, 2.24) is 14.9 Å². The predicted molar refractivity (Wildman–Crippen MR) is 104 cm³/mol. The molecule has 1 aromatic carbocycles. The molecular formula is C18H24N4O4S. The molecule has 1 unspecified atom stereocenters. The summed E-state index contributed by atoms with van der Waals surface area (Å²) in [4.78, 5) is 32.4. The van der Waals surface area contributed by atoms with Crippen molar-refractivity contribution >= 4 is 34.6 Å². The van der Waals surface area contributed by atoms with E-state index in [0.29, 0.717) is 28.5 Å². The van der Waals surface area contributed by atoms with Gasteiger partial charge >= 0.3 is 6.09 Å². The van der Waals surface area contributed by atoms with Crippen LogP contribution in [0, 0.1) is 10.1 Å². The van der Waals surface area contributed by atoms with Crippen LogP contribution in [0.3, 0.4) is 0 Å². The number of fused-ring (bicyclic) bond motifs is 1. The van der Waals surface area contributed by atoms with Crippen LogP contribution >= 0.6 is 11.8 Å². The van der Waals surface area contributed by atoms with Crippen LogP contribution in [-0.4, -0.2) is 49.8 Å². The van der Waals surface area contributed by atoms with Gasteiger partial charge in [0, 0.05) is 30.5 Å². The maximum absolute atomic E-state index is 12.5. The van der Waals surface area contributed by atoms with E-state index in [9.17, 15) is 14.9 Å². The van der Waals surface area contributed by atoms with Crippen molar-refractivity contribution < 1.29 is 14.5 Å². The highest BCUT2D eigenvalue weighted by molar-refractivity contribution is 7.99. The highest BCUT2D eigenvalue weighted by Gasteiger charge is 2.30. The molecule has 0 saturated carbocycles. The molecule has 27 heavy (non-hydrogen) atoms. The Morgan fingerprint density at radius 1 is 1.44 bits per heavy atom.